The molecular weight excluding hydrogens is 242 g/mol. The zero-order valence-corrected chi connectivity index (χ0v) is 11.5. The van der Waals surface area contributed by atoms with Crippen LogP contribution in [0.2, 0.25) is 0 Å². The molecule has 0 aliphatic heterocycles. The third-order valence-corrected chi connectivity index (χ3v) is 3.24. The molecule has 0 saturated heterocycles. The van der Waals surface area contributed by atoms with Crippen LogP contribution in [0.3, 0.4) is 0 Å². The van der Waals surface area contributed by atoms with Crippen LogP contribution in [-0.2, 0) is 7.05 Å². The number of carbonyl (C=O) groups is 1. The van der Waals surface area contributed by atoms with Crippen molar-refractivity contribution in [3.05, 3.63) is 28.8 Å². The van der Waals surface area contributed by atoms with Gasteiger partial charge in [0.2, 0.25) is 0 Å². The van der Waals surface area contributed by atoms with Crippen LogP contribution in [0.5, 0.6) is 5.75 Å². The van der Waals surface area contributed by atoms with Gasteiger partial charge in [0.05, 0.1) is 12.7 Å². The van der Waals surface area contributed by atoms with Crippen LogP contribution in [0.4, 0.5) is 5.82 Å². The molecule has 0 aliphatic carbocycles. The lowest BCUT2D eigenvalue weighted by Crippen LogP contribution is -1.98. The SMILES string of the molecule is COc1cc(C)c(-c2nn(C)c(N)c2C=O)cc1C. The smallest absolute Gasteiger partial charge is 0.156 e. The first-order valence-corrected chi connectivity index (χ1v) is 5.92. The molecule has 0 spiro atoms. The van der Waals surface area contributed by atoms with Crippen molar-refractivity contribution in [2.45, 2.75) is 13.8 Å². The molecule has 1 aromatic heterocycles. The fourth-order valence-corrected chi connectivity index (χ4v) is 2.13. The number of benzene rings is 1. The monoisotopic (exact) mass is 259 g/mol. The van der Waals surface area contributed by atoms with Crippen molar-refractivity contribution in [2.24, 2.45) is 7.05 Å². The molecule has 0 aliphatic rings. The number of hydrogen-bond donors (Lipinski definition) is 1. The van der Waals surface area contributed by atoms with E-state index in [4.69, 9.17) is 10.5 Å². The van der Waals surface area contributed by atoms with Gasteiger partial charge in [-0.2, -0.15) is 5.10 Å². The molecule has 100 valence electrons. The molecule has 2 rings (SSSR count). The van der Waals surface area contributed by atoms with E-state index in [1.807, 2.05) is 26.0 Å². The Kier molecular flexibility index (Phi) is 3.29. The molecule has 2 N–H and O–H groups in total. The van der Waals surface area contributed by atoms with Crippen molar-refractivity contribution in [2.75, 3.05) is 12.8 Å². The van der Waals surface area contributed by atoms with Crippen LogP contribution in [0.1, 0.15) is 21.5 Å². The number of methoxy groups -OCH3 is 1. The molecule has 0 unspecified atom stereocenters. The van der Waals surface area contributed by atoms with Crippen LogP contribution in [0.25, 0.3) is 11.3 Å². The molecule has 0 bridgehead atoms. The summed E-state index contributed by atoms with van der Waals surface area (Å²) >= 11 is 0. The van der Waals surface area contributed by atoms with Crippen molar-refractivity contribution in [1.82, 2.24) is 9.78 Å². The minimum Gasteiger partial charge on any atom is -0.496 e. The number of carbonyl (C=O) groups excluding carboxylic acids is 1. The van der Waals surface area contributed by atoms with E-state index in [9.17, 15) is 4.79 Å². The van der Waals surface area contributed by atoms with E-state index in [1.165, 1.54) is 4.68 Å². The lowest BCUT2D eigenvalue weighted by molar-refractivity contribution is 0.112. The van der Waals surface area contributed by atoms with Gasteiger partial charge < -0.3 is 10.5 Å². The Morgan fingerprint density at radius 1 is 1.32 bits per heavy atom. The van der Waals surface area contributed by atoms with Gasteiger partial charge in [0, 0.05) is 12.6 Å². The van der Waals surface area contributed by atoms with Gasteiger partial charge in [-0.25, -0.2) is 0 Å². The summed E-state index contributed by atoms with van der Waals surface area (Å²) in [5.41, 5.74) is 9.75. The highest BCUT2D eigenvalue weighted by Gasteiger charge is 2.17. The summed E-state index contributed by atoms with van der Waals surface area (Å²) in [5.74, 6) is 1.19. The molecule has 19 heavy (non-hydrogen) atoms. The highest BCUT2D eigenvalue weighted by Crippen LogP contribution is 2.32. The first-order valence-electron chi connectivity index (χ1n) is 5.92. The second-order valence-corrected chi connectivity index (χ2v) is 4.53. The first kappa shape index (κ1) is 13.1. The Balaban J connectivity index is 2.69. The number of hydrogen-bond acceptors (Lipinski definition) is 4. The maximum Gasteiger partial charge on any atom is 0.156 e. The molecule has 0 fully saturated rings. The Morgan fingerprint density at radius 3 is 2.58 bits per heavy atom. The maximum absolute atomic E-state index is 11.2. The van der Waals surface area contributed by atoms with Crippen LogP contribution < -0.4 is 10.5 Å². The number of nitrogens with zero attached hydrogens (tertiary/aromatic N) is 2. The quantitative estimate of drug-likeness (QED) is 0.857. The van der Waals surface area contributed by atoms with E-state index in [-0.39, 0.29) is 0 Å². The molecule has 0 radical (unpaired) electrons. The summed E-state index contributed by atoms with van der Waals surface area (Å²) in [4.78, 5) is 11.2. The Labute approximate surface area is 112 Å². The molecule has 5 heteroatoms. The van der Waals surface area contributed by atoms with E-state index in [2.05, 4.69) is 5.10 Å². The lowest BCUT2D eigenvalue weighted by Gasteiger charge is -2.10. The number of anilines is 1. The number of nitrogen functional groups attached to an aromatic ring is 1. The lowest BCUT2D eigenvalue weighted by atomic mass is 9.99. The number of aromatic nitrogens is 2. The van der Waals surface area contributed by atoms with Crippen LogP contribution in [-0.4, -0.2) is 23.2 Å². The number of nitrogens with two attached hydrogens (primary N) is 1. The normalized spacial score (nSPS) is 10.5. The van der Waals surface area contributed by atoms with Gasteiger partial charge in [-0.05, 0) is 37.1 Å². The minimum absolute atomic E-state index is 0.373. The van der Waals surface area contributed by atoms with Gasteiger partial charge >= 0.3 is 0 Å². The molecule has 2 aromatic rings. The largest absolute Gasteiger partial charge is 0.496 e. The summed E-state index contributed by atoms with van der Waals surface area (Å²) in [6.07, 6.45) is 0.747. The standard InChI is InChI=1S/C14H17N3O2/c1-8-6-12(19-4)9(2)5-10(8)13-11(7-18)14(15)17(3)16-13/h5-7H,15H2,1-4H3. The fraction of sp³-hybridized carbons (Fsp3) is 0.286. The zero-order valence-electron chi connectivity index (χ0n) is 11.5. The second kappa shape index (κ2) is 4.76. The predicted molar refractivity (Wildman–Crippen MR) is 74.5 cm³/mol. The van der Waals surface area contributed by atoms with Crippen molar-refractivity contribution in [3.63, 3.8) is 0 Å². The highest BCUT2D eigenvalue weighted by atomic mass is 16.5. The maximum atomic E-state index is 11.2. The molecule has 1 aromatic carbocycles. The Bertz CT molecular complexity index is 645. The van der Waals surface area contributed by atoms with Crippen LogP contribution >= 0.6 is 0 Å². The first-order chi connectivity index (χ1) is 8.99. The molecule has 0 saturated carbocycles. The molecule has 0 amide bonds. The van der Waals surface area contributed by atoms with E-state index < -0.39 is 0 Å². The zero-order chi connectivity index (χ0) is 14.2. The van der Waals surface area contributed by atoms with Gasteiger partial charge in [-0.15, -0.1) is 0 Å². The van der Waals surface area contributed by atoms with Crippen molar-refractivity contribution in [3.8, 4) is 17.0 Å². The summed E-state index contributed by atoms with van der Waals surface area (Å²) in [6.45, 7) is 3.91. The van der Waals surface area contributed by atoms with Gasteiger partial charge in [0.1, 0.15) is 17.3 Å². The van der Waals surface area contributed by atoms with E-state index in [0.717, 1.165) is 28.7 Å². The number of aryl methyl sites for hydroxylation is 3. The average Bonchev–Trinajstić information content (AvgIpc) is 2.67. The minimum atomic E-state index is 0.373. The van der Waals surface area contributed by atoms with Crippen molar-refractivity contribution in [1.29, 1.82) is 0 Å². The summed E-state index contributed by atoms with van der Waals surface area (Å²) in [6, 6.07) is 3.90. The van der Waals surface area contributed by atoms with E-state index in [1.54, 1.807) is 14.2 Å². The number of aldehydes is 1. The number of ether oxygens (including phenoxy) is 1. The summed E-state index contributed by atoms with van der Waals surface area (Å²) in [5, 5.41) is 4.33. The van der Waals surface area contributed by atoms with Gasteiger partial charge in [-0.1, -0.05) is 0 Å². The third-order valence-electron chi connectivity index (χ3n) is 3.24. The Hall–Kier alpha value is -2.30. The topological polar surface area (TPSA) is 70.1 Å². The van der Waals surface area contributed by atoms with Crippen LogP contribution in [0.15, 0.2) is 12.1 Å². The summed E-state index contributed by atoms with van der Waals surface area (Å²) in [7, 11) is 3.36. The fourth-order valence-electron chi connectivity index (χ4n) is 2.13. The van der Waals surface area contributed by atoms with Gasteiger partial charge in [0.15, 0.2) is 6.29 Å². The number of rotatable bonds is 3. The molecule has 1 heterocycles. The van der Waals surface area contributed by atoms with Gasteiger partial charge in [-0.3, -0.25) is 9.48 Å². The highest BCUT2D eigenvalue weighted by molar-refractivity contribution is 5.92. The van der Waals surface area contributed by atoms with Crippen LogP contribution in [0, 0.1) is 13.8 Å². The predicted octanol–water partition coefficient (Wildman–Crippen LogP) is 2.11. The van der Waals surface area contributed by atoms with Gasteiger partial charge in [0.25, 0.3) is 0 Å². The molecular formula is C14H17N3O2. The second-order valence-electron chi connectivity index (χ2n) is 4.53. The Morgan fingerprint density at radius 2 is 2.00 bits per heavy atom. The van der Waals surface area contributed by atoms with Crippen molar-refractivity contribution >= 4 is 12.1 Å². The third kappa shape index (κ3) is 2.07. The van der Waals surface area contributed by atoms with E-state index in [0.29, 0.717) is 17.1 Å². The molecule has 5 nitrogen and oxygen atoms in total. The summed E-state index contributed by atoms with van der Waals surface area (Å²) < 4.78 is 6.79. The average molecular weight is 259 g/mol. The molecule has 0 atom stereocenters. The van der Waals surface area contributed by atoms with E-state index >= 15 is 0 Å². The van der Waals surface area contributed by atoms with Crippen molar-refractivity contribution < 1.29 is 9.53 Å².